The fraction of sp³-hybridized carbons (Fsp3) is 0.556. The van der Waals surface area contributed by atoms with Crippen LogP contribution in [0.2, 0.25) is 0 Å². The van der Waals surface area contributed by atoms with Crippen molar-refractivity contribution in [1.29, 1.82) is 0 Å². The lowest BCUT2D eigenvalue weighted by atomic mass is 9.97. The zero-order valence-corrected chi connectivity index (χ0v) is 15.8. The zero-order chi connectivity index (χ0) is 17.5. The molecule has 1 atom stereocenters. The molecule has 1 aromatic carbocycles. The number of amides is 1. The van der Waals surface area contributed by atoms with E-state index in [9.17, 15) is 9.59 Å². The van der Waals surface area contributed by atoms with E-state index < -0.39 is 0 Å². The van der Waals surface area contributed by atoms with Gasteiger partial charge >= 0.3 is 5.97 Å². The van der Waals surface area contributed by atoms with E-state index in [0.29, 0.717) is 13.2 Å². The highest BCUT2D eigenvalue weighted by Gasteiger charge is 2.26. The number of halogens is 1. The molecule has 0 aromatic heterocycles. The van der Waals surface area contributed by atoms with Crippen molar-refractivity contribution in [2.75, 3.05) is 26.2 Å². The van der Waals surface area contributed by atoms with Crippen LogP contribution < -0.4 is 5.32 Å². The third kappa shape index (κ3) is 5.60. The molecule has 1 unspecified atom stereocenters. The number of carbonyl (C=O) groups excluding carboxylic acids is 2. The highest BCUT2D eigenvalue weighted by Crippen LogP contribution is 2.19. The largest absolute Gasteiger partial charge is 0.466 e. The Morgan fingerprint density at radius 1 is 1.29 bits per heavy atom. The summed E-state index contributed by atoms with van der Waals surface area (Å²) >= 11 is 3.41. The Bertz CT molecular complexity index is 554. The topological polar surface area (TPSA) is 58.6 Å². The second-order valence-electron chi connectivity index (χ2n) is 6.14. The third-order valence-electron chi connectivity index (χ3n) is 4.32. The number of ether oxygens (including phenoxy) is 1. The van der Waals surface area contributed by atoms with Crippen molar-refractivity contribution in [3.05, 3.63) is 34.3 Å². The molecule has 1 aromatic rings. The van der Waals surface area contributed by atoms with E-state index in [-0.39, 0.29) is 23.8 Å². The molecule has 1 aliphatic heterocycles. The van der Waals surface area contributed by atoms with Crippen LogP contribution >= 0.6 is 15.9 Å². The lowest BCUT2D eigenvalue weighted by Crippen LogP contribution is -2.43. The number of piperidine rings is 1. The molecule has 1 fully saturated rings. The maximum atomic E-state index is 12.2. The van der Waals surface area contributed by atoms with Gasteiger partial charge in [-0.05, 0) is 57.5 Å². The molecule has 1 amide bonds. The molecule has 5 nitrogen and oxygen atoms in total. The molecule has 1 aliphatic rings. The van der Waals surface area contributed by atoms with Gasteiger partial charge in [0.2, 0.25) is 5.91 Å². The number of rotatable bonds is 6. The number of hydrogen-bond donors (Lipinski definition) is 1. The van der Waals surface area contributed by atoms with Crippen molar-refractivity contribution in [1.82, 2.24) is 10.2 Å². The summed E-state index contributed by atoms with van der Waals surface area (Å²) in [5.41, 5.74) is 1.08. The summed E-state index contributed by atoms with van der Waals surface area (Å²) in [6, 6.07) is 7.92. The number of nitrogens with zero attached hydrogens (tertiary/aromatic N) is 1. The molecule has 6 heteroatoms. The van der Waals surface area contributed by atoms with E-state index in [4.69, 9.17) is 4.74 Å². The van der Waals surface area contributed by atoms with Crippen LogP contribution in [0.4, 0.5) is 0 Å². The maximum Gasteiger partial charge on any atom is 0.309 e. The summed E-state index contributed by atoms with van der Waals surface area (Å²) in [5.74, 6) is -0.114. The van der Waals surface area contributed by atoms with E-state index in [2.05, 4.69) is 26.1 Å². The van der Waals surface area contributed by atoms with Gasteiger partial charge in [-0.1, -0.05) is 28.1 Å². The minimum atomic E-state index is -0.106. The molecule has 24 heavy (non-hydrogen) atoms. The molecule has 1 N–H and O–H groups in total. The monoisotopic (exact) mass is 396 g/mol. The number of benzene rings is 1. The van der Waals surface area contributed by atoms with Crippen LogP contribution in [0, 0.1) is 5.92 Å². The Hall–Kier alpha value is -1.40. The SMILES string of the molecule is CCOC(=O)C1CCN(CC(=O)NC(C)c2ccc(Br)cc2)CC1. The van der Waals surface area contributed by atoms with Gasteiger partial charge in [0.15, 0.2) is 0 Å². The van der Waals surface area contributed by atoms with Crippen molar-refractivity contribution >= 4 is 27.8 Å². The third-order valence-corrected chi connectivity index (χ3v) is 4.85. The van der Waals surface area contributed by atoms with E-state index >= 15 is 0 Å². The first kappa shape index (κ1) is 18.9. The van der Waals surface area contributed by atoms with Gasteiger partial charge < -0.3 is 10.1 Å². The summed E-state index contributed by atoms with van der Waals surface area (Å²) < 4.78 is 6.09. The highest BCUT2D eigenvalue weighted by atomic mass is 79.9. The van der Waals surface area contributed by atoms with E-state index in [1.165, 1.54) is 0 Å². The Balaban J connectivity index is 1.75. The van der Waals surface area contributed by atoms with Crippen LogP contribution in [0.5, 0.6) is 0 Å². The standard InChI is InChI=1S/C18H25BrN2O3/c1-3-24-18(23)15-8-10-21(11-9-15)12-17(22)20-13(2)14-4-6-16(19)7-5-14/h4-7,13,15H,3,8-12H2,1-2H3,(H,20,22). The first-order chi connectivity index (χ1) is 11.5. The average Bonchev–Trinajstić information content (AvgIpc) is 2.56. The molecule has 1 saturated heterocycles. The minimum absolute atomic E-state index is 0.0139. The minimum Gasteiger partial charge on any atom is -0.466 e. The lowest BCUT2D eigenvalue weighted by Gasteiger charge is -2.30. The van der Waals surface area contributed by atoms with Crippen molar-refractivity contribution in [2.24, 2.45) is 5.92 Å². The van der Waals surface area contributed by atoms with Crippen molar-refractivity contribution in [3.63, 3.8) is 0 Å². The first-order valence-electron chi connectivity index (χ1n) is 8.43. The van der Waals surface area contributed by atoms with Gasteiger partial charge in [-0.15, -0.1) is 0 Å². The van der Waals surface area contributed by atoms with E-state index in [1.54, 1.807) is 0 Å². The van der Waals surface area contributed by atoms with Gasteiger partial charge in [-0.2, -0.15) is 0 Å². The lowest BCUT2D eigenvalue weighted by molar-refractivity contribution is -0.149. The van der Waals surface area contributed by atoms with Crippen LogP contribution in [-0.4, -0.2) is 43.0 Å². The van der Waals surface area contributed by atoms with Crippen LogP contribution in [0.1, 0.15) is 38.3 Å². The van der Waals surface area contributed by atoms with Crippen molar-refractivity contribution in [2.45, 2.75) is 32.7 Å². The van der Waals surface area contributed by atoms with E-state index in [1.807, 2.05) is 38.1 Å². The fourth-order valence-corrected chi connectivity index (χ4v) is 3.18. The smallest absolute Gasteiger partial charge is 0.309 e. The number of carbonyl (C=O) groups is 2. The number of nitrogens with one attached hydrogen (secondary N) is 1. The second-order valence-corrected chi connectivity index (χ2v) is 7.06. The molecular weight excluding hydrogens is 372 g/mol. The zero-order valence-electron chi connectivity index (χ0n) is 14.3. The number of esters is 1. The molecule has 0 aliphatic carbocycles. The molecule has 1 heterocycles. The molecule has 0 bridgehead atoms. The van der Waals surface area contributed by atoms with Crippen molar-refractivity contribution in [3.8, 4) is 0 Å². The summed E-state index contributed by atoms with van der Waals surface area (Å²) in [6.45, 7) is 6.11. The van der Waals surface area contributed by atoms with E-state index in [0.717, 1.165) is 36.0 Å². The summed E-state index contributed by atoms with van der Waals surface area (Å²) in [5, 5.41) is 3.03. The van der Waals surface area contributed by atoms with Gasteiger partial charge in [-0.25, -0.2) is 0 Å². The van der Waals surface area contributed by atoms with Gasteiger partial charge in [0, 0.05) is 4.47 Å². The average molecular weight is 397 g/mol. The predicted molar refractivity (Wildman–Crippen MR) is 96.5 cm³/mol. The highest BCUT2D eigenvalue weighted by molar-refractivity contribution is 9.10. The number of hydrogen-bond acceptors (Lipinski definition) is 4. The molecule has 0 spiro atoms. The molecule has 0 radical (unpaired) electrons. The van der Waals surface area contributed by atoms with Gasteiger partial charge in [0.1, 0.15) is 0 Å². The summed E-state index contributed by atoms with van der Waals surface area (Å²) in [6.07, 6.45) is 1.52. The Labute approximate surface area is 151 Å². The Kier molecular flexibility index (Phi) is 7.24. The summed E-state index contributed by atoms with van der Waals surface area (Å²) in [4.78, 5) is 26.1. The van der Waals surface area contributed by atoms with Crippen LogP contribution in [0.3, 0.4) is 0 Å². The van der Waals surface area contributed by atoms with Gasteiger partial charge in [-0.3, -0.25) is 14.5 Å². The summed E-state index contributed by atoms with van der Waals surface area (Å²) in [7, 11) is 0. The molecular formula is C18H25BrN2O3. The predicted octanol–water partition coefficient (Wildman–Crippen LogP) is 2.90. The Morgan fingerprint density at radius 3 is 2.50 bits per heavy atom. The second kappa shape index (κ2) is 9.18. The van der Waals surface area contributed by atoms with Gasteiger partial charge in [0.25, 0.3) is 0 Å². The maximum absolute atomic E-state index is 12.2. The normalized spacial score (nSPS) is 17.3. The molecule has 2 rings (SSSR count). The Morgan fingerprint density at radius 2 is 1.92 bits per heavy atom. The molecule has 132 valence electrons. The number of likely N-dealkylation sites (tertiary alicyclic amines) is 1. The van der Waals surface area contributed by atoms with Crippen molar-refractivity contribution < 1.29 is 14.3 Å². The van der Waals surface area contributed by atoms with Crippen LogP contribution in [0.25, 0.3) is 0 Å². The first-order valence-corrected chi connectivity index (χ1v) is 9.22. The van der Waals surface area contributed by atoms with Crippen LogP contribution in [0.15, 0.2) is 28.7 Å². The quantitative estimate of drug-likeness (QED) is 0.750. The molecule has 0 saturated carbocycles. The van der Waals surface area contributed by atoms with Gasteiger partial charge in [0.05, 0.1) is 25.1 Å². The van der Waals surface area contributed by atoms with Crippen LogP contribution in [-0.2, 0) is 14.3 Å². The fourth-order valence-electron chi connectivity index (χ4n) is 2.91.